The molecule has 0 saturated carbocycles. The minimum Gasteiger partial charge on any atom is -0.504 e. The first-order valence-corrected chi connectivity index (χ1v) is 11.6. The summed E-state index contributed by atoms with van der Waals surface area (Å²) < 4.78 is 6.68. The van der Waals surface area contributed by atoms with Gasteiger partial charge in [-0.05, 0) is 23.8 Å². The topological polar surface area (TPSA) is 96.4 Å². The van der Waals surface area contributed by atoms with Gasteiger partial charge >= 0.3 is 0 Å². The van der Waals surface area contributed by atoms with Gasteiger partial charge in [0, 0.05) is 11.3 Å². The quantitative estimate of drug-likeness (QED) is 0.309. The van der Waals surface area contributed by atoms with Crippen molar-refractivity contribution in [1.29, 1.82) is 0 Å². The zero-order valence-electron chi connectivity index (χ0n) is 16.1. The number of nitrogens with zero attached hydrogens (tertiary/aromatic N) is 2. The number of amides is 1. The van der Waals surface area contributed by atoms with Gasteiger partial charge in [0.1, 0.15) is 0 Å². The highest BCUT2D eigenvalue weighted by molar-refractivity contribution is 8.03. The number of carbonyl (C=O) groups excluding carboxylic acids is 1. The van der Waals surface area contributed by atoms with Crippen molar-refractivity contribution in [2.75, 3.05) is 12.9 Å². The molecular formula is C20H20N4O3S3. The Hall–Kier alpha value is -2.69. The number of methoxy groups -OCH3 is 1. The number of hydrogen-bond donors (Lipinski definition) is 3. The molecule has 0 spiro atoms. The average Bonchev–Trinajstić information content (AvgIpc) is 3.23. The summed E-state index contributed by atoms with van der Waals surface area (Å²) >= 11 is 4.42. The van der Waals surface area contributed by atoms with Crippen molar-refractivity contribution in [3.63, 3.8) is 0 Å². The van der Waals surface area contributed by atoms with E-state index in [1.807, 2.05) is 18.2 Å². The normalized spacial score (nSPS) is 10.4. The molecular weight excluding hydrogens is 440 g/mol. The molecule has 3 rings (SSSR count). The smallest absolute Gasteiger partial charge is 0.248 e. The van der Waals surface area contributed by atoms with Crippen LogP contribution in [0, 0.1) is 0 Å². The van der Waals surface area contributed by atoms with Gasteiger partial charge in [0.15, 0.2) is 20.2 Å². The highest BCUT2D eigenvalue weighted by atomic mass is 32.2. The lowest BCUT2D eigenvalue weighted by atomic mass is 10.1. The van der Waals surface area contributed by atoms with Gasteiger partial charge in [-0.3, -0.25) is 15.6 Å². The van der Waals surface area contributed by atoms with Crippen molar-refractivity contribution in [1.82, 2.24) is 21.0 Å². The molecule has 0 atom stereocenters. The summed E-state index contributed by atoms with van der Waals surface area (Å²) in [4.78, 5) is 12.1. The fourth-order valence-electron chi connectivity index (χ4n) is 2.28. The van der Waals surface area contributed by atoms with E-state index in [0.717, 1.165) is 14.4 Å². The van der Waals surface area contributed by atoms with Crippen LogP contribution < -0.4 is 15.6 Å². The number of hydrazine groups is 1. The van der Waals surface area contributed by atoms with Crippen molar-refractivity contribution in [2.24, 2.45) is 0 Å². The van der Waals surface area contributed by atoms with E-state index >= 15 is 0 Å². The van der Waals surface area contributed by atoms with E-state index < -0.39 is 0 Å². The first-order chi connectivity index (χ1) is 14.5. The molecule has 0 radical (unpaired) electrons. The molecule has 1 aromatic heterocycles. The van der Waals surface area contributed by atoms with Crippen molar-refractivity contribution in [2.45, 2.75) is 14.4 Å². The Bertz CT molecular complexity index is 1010. The van der Waals surface area contributed by atoms with Gasteiger partial charge in [-0.15, -0.1) is 10.2 Å². The summed E-state index contributed by atoms with van der Waals surface area (Å²) in [5.74, 6) is 1.16. The molecule has 2 aromatic carbocycles. The lowest BCUT2D eigenvalue weighted by Gasteiger charge is -2.12. The van der Waals surface area contributed by atoms with E-state index in [0.29, 0.717) is 17.0 Å². The first kappa shape index (κ1) is 22.0. The Balaban J connectivity index is 1.41. The second-order valence-corrected chi connectivity index (χ2v) is 9.36. The van der Waals surface area contributed by atoms with E-state index in [1.54, 1.807) is 23.9 Å². The van der Waals surface area contributed by atoms with E-state index in [9.17, 15) is 9.90 Å². The second-order valence-electron chi connectivity index (χ2n) is 5.94. The standard InChI is InChI=1S/C20H20N4O3S3/c1-13(15-8-9-16(25)17(10-15)27-2)21-22-18(26)12-29-20-24-23-19(30-20)28-11-14-6-4-3-5-7-14/h3-10,21,25H,1,11-12H2,2H3,(H,22,26). The van der Waals surface area contributed by atoms with Gasteiger partial charge in [-0.2, -0.15) is 0 Å². The maximum absolute atomic E-state index is 12.1. The van der Waals surface area contributed by atoms with E-state index in [-0.39, 0.29) is 17.4 Å². The van der Waals surface area contributed by atoms with Crippen LogP contribution in [0.4, 0.5) is 0 Å². The Morgan fingerprint density at radius 1 is 1.13 bits per heavy atom. The molecule has 0 saturated heterocycles. The fourth-order valence-corrected chi connectivity index (χ4v) is 5.06. The number of benzene rings is 2. The molecule has 0 aliphatic rings. The summed E-state index contributed by atoms with van der Waals surface area (Å²) in [6.07, 6.45) is 0. The third kappa shape index (κ3) is 6.41. The zero-order chi connectivity index (χ0) is 21.3. The zero-order valence-corrected chi connectivity index (χ0v) is 18.6. The van der Waals surface area contributed by atoms with Crippen molar-refractivity contribution in [3.05, 3.63) is 66.2 Å². The van der Waals surface area contributed by atoms with Crippen LogP contribution in [0.15, 0.2) is 63.8 Å². The Labute approximate surface area is 186 Å². The third-order valence-electron chi connectivity index (χ3n) is 3.80. The minimum absolute atomic E-state index is 0.0350. The highest BCUT2D eigenvalue weighted by Gasteiger charge is 2.10. The van der Waals surface area contributed by atoms with Crippen LogP contribution in [0.1, 0.15) is 11.1 Å². The molecule has 0 aliphatic carbocycles. The predicted molar refractivity (Wildman–Crippen MR) is 122 cm³/mol. The number of phenols is 1. The number of hydrogen-bond acceptors (Lipinski definition) is 9. The van der Waals surface area contributed by atoms with Crippen LogP contribution in [0.25, 0.3) is 5.70 Å². The summed E-state index contributed by atoms with van der Waals surface area (Å²) in [5.41, 5.74) is 7.75. The van der Waals surface area contributed by atoms with Crippen LogP contribution in [-0.4, -0.2) is 34.1 Å². The lowest BCUT2D eigenvalue weighted by molar-refractivity contribution is -0.119. The highest BCUT2D eigenvalue weighted by Crippen LogP contribution is 2.31. The number of phenolic OH excluding ortho intramolecular Hbond substituents is 1. The van der Waals surface area contributed by atoms with Crippen molar-refractivity contribution >= 4 is 46.5 Å². The molecule has 0 bridgehead atoms. The van der Waals surface area contributed by atoms with Gasteiger partial charge in [0.25, 0.3) is 0 Å². The fraction of sp³-hybridized carbons (Fsp3) is 0.150. The molecule has 3 N–H and O–H groups in total. The van der Waals surface area contributed by atoms with Crippen molar-refractivity contribution < 1.29 is 14.6 Å². The van der Waals surface area contributed by atoms with E-state index in [2.05, 4.69) is 39.8 Å². The summed E-state index contributed by atoms with van der Waals surface area (Å²) in [6, 6.07) is 15.0. The number of ether oxygens (including phenoxy) is 1. The van der Waals surface area contributed by atoms with Gasteiger partial charge in [-0.1, -0.05) is 71.8 Å². The molecule has 30 heavy (non-hydrogen) atoms. The number of aromatic hydroxyl groups is 1. The maximum atomic E-state index is 12.1. The molecule has 0 aliphatic heterocycles. The maximum Gasteiger partial charge on any atom is 0.248 e. The van der Waals surface area contributed by atoms with E-state index in [4.69, 9.17) is 4.74 Å². The van der Waals surface area contributed by atoms with E-state index in [1.165, 1.54) is 41.8 Å². The van der Waals surface area contributed by atoms with Gasteiger partial charge in [0.05, 0.1) is 18.6 Å². The Morgan fingerprint density at radius 3 is 2.60 bits per heavy atom. The molecule has 7 nitrogen and oxygen atoms in total. The van der Waals surface area contributed by atoms with Gasteiger partial charge in [0.2, 0.25) is 5.91 Å². The molecule has 1 heterocycles. The number of carbonyl (C=O) groups is 1. The Morgan fingerprint density at radius 2 is 1.87 bits per heavy atom. The Kier molecular flexibility index (Phi) is 8.00. The monoisotopic (exact) mass is 460 g/mol. The average molecular weight is 461 g/mol. The number of aromatic nitrogens is 2. The molecule has 3 aromatic rings. The van der Waals surface area contributed by atoms with Gasteiger partial charge in [-0.25, -0.2) is 0 Å². The minimum atomic E-state index is -0.222. The molecule has 0 fully saturated rings. The SMILES string of the molecule is C=C(NNC(=O)CSc1nnc(SCc2ccccc2)s1)c1ccc(O)c(OC)c1. The lowest BCUT2D eigenvalue weighted by Crippen LogP contribution is -2.37. The summed E-state index contributed by atoms with van der Waals surface area (Å²) in [5, 5.41) is 17.9. The molecule has 0 unspecified atom stereocenters. The number of nitrogens with one attached hydrogen (secondary N) is 2. The van der Waals surface area contributed by atoms with Crippen LogP contribution in [0.3, 0.4) is 0 Å². The molecule has 156 valence electrons. The number of thioether (sulfide) groups is 2. The second kappa shape index (κ2) is 10.9. The molecule has 10 heteroatoms. The van der Waals surface area contributed by atoms with Crippen LogP contribution in [0.2, 0.25) is 0 Å². The summed E-state index contributed by atoms with van der Waals surface area (Å²) in [7, 11) is 1.47. The first-order valence-electron chi connectivity index (χ1n) is 8.79. The molecule has 1 amide bonds. The predicted octanol–water partition coefficient (Wildman–Crippen LogP) is 3.93. The van der Waals surface area contributed by atoms with Crippen LogP contribution in [0.5, 0.6) is 11.5 Å². The van der Waals surface area contributed by atoms with Crippen LogP contribution >= 0.6 is 34.9 Å². The largest absolute Gasteiger partial charge is 0.504 e. The van der Waals surface area contributed by atoms with Crippen LogP contribution in [-0.2, 0) is 10.5 Å². The summed E-state index contributed by atoms with van der Waals surface area (Å²) in [6.45, 7) is 3.88. The van der Waals surface area contributed by atoms with Crippen molar-refractivity contribution in [3.8, 4) is 11.5 Å². The third-order valence-corrected chi connectivity index (χ3v) is 7.06. The number of rotatable bonds is 10. The van der Waals surface area contributed by atoms with Gasteiger partial charge < -0.3 is 9.84 Å².